The number of nitrogens with zero attached hydrogens (tertiary/aromatic N) is 1. The van der Waals surface area contributed by atoms with Gasteiger partial charge in [-0.1, -0.05) is 44.5 Å². The van der Waals surface area contributed by atoms with Crippen LogP contribution in [0.25, 0.3) is 0 Å². The van der Waals surface area contributed by atoms with Gasteiger partial charge in [0, 0.05) is 12.6 Å². The molecule has 0 saturated carbocycles. The third-order valence-corrected chi connectivity index (χ3v) is 3.78. The topological polar surface area (TPSA) is 15.3 Å². The van der Waals surface area contributed by atoms with Crippen molar-refractivity contribution < 1.29 is 0 Å². The van der Waals surface area contributed by atoms with Gasteiger partial charge in [0.1, 0.15) is 0 Å². The van der Waals surface area contributed by atoms with Crippen LogP contribution in [0.2, 0.25) is 0 Å². The number of hydrogen-bond donors (Lipinski definition) is 1. The van der Waals surface area contributed by atoms with Gasteiger partial charge in [0.25, 0.3) is 0 Å². The fourth-order valence-corrected chi connectivity index (χ4v) is 2.84. The molecule has 0 saturated heterocycles. The number of nitrogens with one attached hydrogen (secondary N) is 1. The fourth-order valence-electron chi connectivity index (χ4n) is 2.84. The molecule has 1 atom stereocenters. The molecule has 0 heterocycles. The van der Waals surface area contributed by atoms with E-state index in [0.29, 0.717) is 6.04 Å². The number of rotatable bonds is 9. The van der Waals surface area contributed by atoms with E-state index in [9.17, 15) is 0 Å². The second kappa shape index (κ2) is 9.15. The third kappa shape index (κ3) is 5.26. The van der Waals surface area contributed by atoms with Crippen LogP contribution in [-0.2, 0) is 0 Å². The van der Waals surface area contributed by atoms with Crippen molar-refractivity contribution in [2.24, 2.45) is 0 Å². The smallest absolute Gasteiger partial charge is 0.0451 e. The lowest BCUT2D eigenvalue weighted by Gasteiger charge is -2.29. The van der Waals surface area contributed by atoms with E-state index >= 15 is 0 Å². The van der Waals surface area contributed by atoms with Crippen molar-refractivity contribution >= 4 is 0 Å². The van der Waals surface area contributed by atoms with Gasteiger partial charge in [-0.3, -0.25) is 0 Å². The second-order valence-corrected chi connectivity index (χ2v) is 5.77. The van der Waals surface area contributed by atoms with E-state index in [1.807, 2.05) is 0 Å². The summed E-state index contributed by atoms with van der Waals surface area (Å²) in [5.74, 6) is 0. The predicted molar refractivity (Wildman–Crippen MR) is 89.4 cm³/mol. The van der Waals surface area contributed by atoms with Gasteiger partial charge in [-0.15, -0.1) is 0 Å². The van der Waals surface area contributed by atoms with Crippen molar-refractivity contribution in [3.05, 3.63) is 34.9 Å². The highest BCUT2D eigenvalue weighted by molar-refractivity contribution is 5.33. The highest BCUT2D eigenvalue weighted by Gasteiger charge is 2.16. The molecular formula is C18H32N2. The van der Waals surface area contributed by atoms with E-state index in [-0.39, 0.29) is 0 Å². The Morgan fingerprint density at radius 2 is 1.70 bits per heavy atom. The Balaban J connectivity index is 2.88. The highest BCUT2D eigenvalue weighted by Crippen LogP contribution is 2.20. The zero-order chi connectivity index (χ0) is 15.0. The van der Waals surface area contributed by atoms with Gasteiger partial charge in [-0.2, -0.15) is 0 Å². The summed E-state index contributed by atoms with van der Waals surface area (Å²) in [4.78, 5) is 2.59. The van der Waals surface area contributed by atoms with Gasteiger partial charge < -0.3 is 10.2 Å². The van der Waals surface area contributed by atoms with Crippen LogP contribution in [0.1, 0.15) is 56.3 Å². The summed E-state index contributed by atoms with van der Waals surface area (Å²) in [6.45, 7) is 15.7. The lowest BCUT2D eigenvalue weighted by Crippen LogP contribution is -2.36. The highest BCUT2D eigenvalue weighted by atomic mass is 15.1. The summed E-state index contributed by atoms with van der Waals surface area (Å²) in [5.41, 5.74) is 4.21. The van der Waals surface area contributed by atoms with Crippen LogP contribution < -0.4 is 5.32 Å². The summed E-state index contributed by atoms with van der Waals surface area (Å²) in [5, 5.41) is 3.67. The van der Waals surface area contributed by atoms with Crippen molar-refractivity contribution in [2.45, 2.75) is 53.5 Å². The molecule has 1 unspecified atom stereocenters. The average Bonchev–Trinajstić information content (AvgIpc) is 2.41. The van der Waals surface area contributed by atoms with Crippen LogP contribution in [0.15, 0.2) is 18.2 Å². The van der Waals surface area contributed by atoms with Gasteiger partial charge in [-0.25, -0.2) is 0 Å². The molecule has 0 aliphatic heterocycles. The molecule has 0 fully saturated rings. The lowest BCUT2D eigenvalue weighted by molar-refractivity contribution is 0.243. The Bertz CT molecular complexity index is 381. The van der Waals surface area contributed by atoms with E-state index in [1.165, 1.54) is 42.6 Å². The van der Waals surface area contributed by atoms with Crippen LogP contribution in [0.3, 0.4) is 0 Å². The summed E-state index contributed by atoms with van der Waals surface area (Å²) < 4.78 is 0. The van der Waals surface area contributed by atoms with Gasteiger partial charge in [-0.05, 0) is 57.5 Å². The number of likely N-dealkylation sites (N-methyl/N-ethyl adjacent to an activating group) is 1. The van der Waals surface area contributed by atoms with Crippen LogP contribution >= 0.6 is 0 Å². The molecule has 0 aliphatic carbocycles. The minimum Gasteiger partial charge on any atom is -0.309 e. The molecule has 2 nitrogen and oxygen atoms in total. The van der Waals surface area contributed by atoms with E-state index in [1.54, 1.807) is 0 Å². The van der Waals surface area contributed by atoms with Crippen LogP contribution in [0, 0.1) is 13.8 Å². The lowest BCUT2D eigenvalue weighted by atomic mass is 9.98. The predicted octanol–water partition coefficient (Wildman–Crippen LogP) is 4.08. The maximum Gasteiger partial charge on any atom is 0.0451 e. The second-order valence-electron chi connectivity index (χ2n) is 5.77. The van der Waals surface area contributed by atoms with Crippen molar-refractivity contribution in [1.29, 1.82) is 0 Å². The first-order valence-electron chi connectivity index (χ1n) is 8.15. The molecule has 0 aromatic heterocycles. The molecule has 0 spiro atoms. The molecule has 1 N–H and O–H groups in total. The molecule has 0 bridgehead atoms. The van der Waals surface area contributed by atoms with Crippen LogP contribution in [0.4, 0.5) is 0 Å². The SMILES string of the molecule is CCCN(CCC)CC(NCC)c1cc(C)ccc1C. The Kier molecular flexibility index (Phi) is 7.86. The molecule has 1 aromatic carbocycles. The van der Waals surface area contributed by atoms with Crippen molar-refractivity contribution in [3.63, 3.8) is 0 Å². The number of benzene rings is 1. The summed E-state index contributed by atoms with van der Waals surface area (Å²) in [6, 6.07) is 7.24. The summed E-state index contributed by atoms with van der Waals surface area (Å²) in [6.07, 6.45) is 2.46. The Hall–Kier alpha value is -0.860. The Morgan fingerprint density at radius 1 is 1.05 bits per heavy atom. The summed E-state index contributed by atoms with van der Waals surface area (Å²) in [7, 11) is 0. The molecular weight excluding hydrogens is 244 g/mol. The third-order valence-electron chi connectivity index (χ3n) is 3.78. The van der Waals surface area contributed by atoms with Gasteiger partial charge in [0.15, 0.2) is 0 Å². The maximum absolute atomic E-state index is 3.67. The first-order valence-corrected chi connectivity index (χ1v) is 8.15. The van der Waals surface area contributed by atoms with Crippen LogP contribution in [0.5, 0.6) is 0 Å². The quantitative estimate of drug-likeness (QED) is 0.731. The monoisotopic (exact) mass is 276 g/mol. The number of hydrogen-bond acceptors (Lipinski definition) is 2. The van der Waals surface area contributed by atoms with E-state index in [2.05, 4.69) is 63.0 Å². The minimum atomic E-state index is 0.443. The standard InChI is InChI=1S/C18H32N2/c1-6-11-20(12-7-2)14-18(19-8-3)17-13-15(4)9-10-16(17)5/h9-10,13,18-19H,6-8,11-12,14H2,1-5H3. The first-order chi connectivity index (χ1) is 9.62. The molecule has 1 aromatic rings. The van der Waals surface area contributed by atoms with Crippen molar-refractivity contribution in [2.75, 3.05) is 26.2 Å². The molecule has 2 heteroatoms. The molecule has 114 valence electrons. The molecule has 0 radical (unpaired) electrons. The normalized spacial score (nSPS) is 12.9. The molecule has 1 rings (SSSR count). The van der Waals surface area contributed by atoms with Gasteiger partial charge >= 0.3 is 0 Å². The van der Waals surface area contributed by atoms with E-state index in [0.717, 1.165) is 13.1 Å². The average molecular weight is 276 g/mol. The first kappa shape index (κ1) is 17.2. The van der Waals surface area contributed by atoms with Crippen LogP contribution in [-0.4, -0.2) is 31.1 Å². The largest absolute Gasteiger partial charge is 0.309 e. The summed E-state index contributed by atoms with van der Waals surface area (Å²) >= 11 is 0. The zero-order valence-electron chi connectivity index (χ0n) is 14.0. The Morgan fingerprint density at radius 3 is 2.25 bits per heavy atom. The number of aryl methyl sites for hydroxylation is 2. The Labute approximate surface area is 125 Å². The van der Waals surface area contributed by atoms with E-state index in [4.69, 9.17) is 0 Å². The van der Waals surface area contributed by atoms with Crippen molar-refractivity contribution in [1.82, 2.24) is 10.2 Å². The maximum atomic E-state index is 3.67. The van der Waals surface area contributed by atoms with E-state index < -0.39 is 0 Å². The molecule has 0 aliphatic rings. The van der Waals surface area contributed by atoms with Gasteiger partial charge in [0.2, 0.25) is 0 Å². The minimum absolute atomic E-state index is 0.443. The van der Waals surface area contributed by atoms with Crippen molar-refractivity contribution in [3.8, 4) is 0 Å². The molecule has 20 heavy (non-hydrogen) atoms. The fraction of sp³-hybridized carbons (Fsp3) is 0.667. The van der Waals surface area contributed by atoms with Gasteiger partial charge in [0.05, 0.1) is 0 Å². The molecule has 0 amide bonds. The zero-order valence-corrected chi connectivity index (χ0v) is 14.0.